The highest BCUT2D eigenvalue weighted by atomic mass is 32.2. The van der Waals surface area contributed by atoms with E-state index in [1.165, 1.54) is 50.3 Å². The van der Waals surface area contributed by atoms with Crippen LogP contribution < -0.4 is 10.9 Å². The van der Waals surface area contributed by atoms with Gasteiger partial charge in [-0.2, -0.15) is 0 Å². The Bertz CT molecular complexity index is 768. The van der Waals surface area contributed by atoms with Crippen LogP contribution in [-0.4, -0.2) is 32.5 Å². The van der Waals surface area contributed by atoms with E-state index >= 15 is 0 Å². The van der Waals surface area contributed by atoms with Gasteiger partial charge in [-0.05, 0) is 25.7 Å². The van der Waals surface area contributed by atoms with Crippen molar-refractivity contribution in [2.45, 2.75) is 105 Å². The largest absolute Gasteiger partial charge is 0.353 e. The Labute approximate surface area is 175 Å². The van der Waals surface area contributed by atoms with E-state index in [-0.39, 0.29) is 17.5 Å². The third-order valence-corrected chi connectivity index (χ3v) is 8.32. The maximum atomic E-state index is 13.3. The van der Waals surface area contributed by atoms with E-state index in [9.17, 15) is 9.59 Å². The number of amides is 1. The highest BCUT2D eigenvalue weighted by molar-refractivity contribution is 8.00. The molecule has 2 aliphatic carbocycles. The van der Waals surface area contributed by atoms with Gasteiger partial charge in [-0.25, -0.2) is 4.98 Å². The van der Waals surface area contributed by atoms with Crippen LogP contribution in [0.2, 0.25) is 0 Å². The van der Waals surface area contributed by atoms with E-state index in [0.717, 1.165) is 47.8 Å². The lowest BCUT2D eigenvalue weighted by atomic mass is 9.95. The molecule has 2 heterocycles. The topological polar surface area (TPSA) is 64.0 Å². The normalized spacial score (nSPS) is 23.5. The highest BCUT2D eigenvalue weighted by Gasteiger charge is 2.29. The zero-order chi connectivity index (χ0) is 19.5. The number of hydrogen-bond acceptors (Lipinski definition) is 5. The first-order valence-corrected chi connectivity index (χ1v) is 12.7. The molecule has 1 aliphatic heterocycles. The molecule has 28 heavy (non-hydrogen) atoms. The third kappa shape index (κ3) is 4.61. The van der Waals surface area contributed by atoms with Crippen molar-refractivity contribution in [3.05, 3.63) is 16.0 Å². The molecule has 5 nitrogen and oxygen atoms in total. The average Bonchev–Trinajstić information content (AvgIpc) is 3.08. The number of thioether (sulfide) groups is 2. The Morgan fingerprint density at radius 1 is 1.14 bits per heavy atom. The van der Waals surface area contributed by atoms with Crippen LogP contribution in [0.3, 0.4) is 0 Å². The maximum Gasteiger partial charge on any atom is 0.268 e. The van der Waals surface area contributed by atoms with Crippen molar-refractivity contribution in [1.82, 2.24) is 14.9 Å². The first-order valence-electron chi connectivity index (χ1n) is 10.9. The minimum absolute atomic E-state index is 0.0737. The van der Waals surface area contributed by atoms with Crippen molar-refractivity contribution in [2.75, 3.05) is 5.75 Å². The first-order chi connectivity index (χ1) is 13.6. The molecule has 1 atom stereocenters. The fourth-order valence-electron chi connectivity index (χ4n) is 4.72. The molecule has 0 bridgehead atoms. The molecule has 0 saturated heterocycles. The Morgan fingerprint density at radius 2 is 1.82 bits per heavy atom. The summed E-state index contributed by atoms with van der Waals surface area (Å²) in [6, 6.07) is 0.562. The average molecular weight is 422 g/mol. The lowest BCUT2D eigenvalue weighted by Gasteiger charge is -2.26. The summed E-state index contributed by atoms with van der Waals surface area (Å²) in [4.78, 5) is 31.5. The van der Waals surface area contributed by atoms with Crippen LogP contribution in [0.4, 0.5) is 0 Å². The molecule has 2 fully saturated rings. The fourth-order valence-corrected chi connectivity index (χ4v) is 6.72. The van der Waals surface area contributed by atoms with E-state index in [1.807, 2.05) is 4.57 Å². The monoisotopic (exact) mass is 421 g/mol. The lowest BCUT2D eigenvalue weighted by Crippen LogP contribution is -2.37. The van der Waals surface area contributed by atoms with Crippen molar-refractivity contribution >= 4 is 29.4 Å². The Balaban J connectivity index is 1.51. The summed E-state index contributed by atoms with van der Waals surface area (Å²) in [5.41, 5.74) is 1.06. The first kappa shape index (κ1) is 20.3. The van der Waals surface area contributed by atoms with E-state index in [1.54, 1.807) is 11.8 Å². The van der Waals surface area contributed by atoms with Crippen molar-refractivity contribution in [1.29, 1.82) is 0 Å². The molecule has 1 unspecified atom stereocenters. The number of rotatable bonds is 5. The standard InChI is InChI=1S/C21H31N3O2S2/c1-14-12-17-19(28-14)20(26)24(16-10-6-3-7-11-16)21(23-17)27-13-18(25)22-15-8-4-2-5-9-15/h14-16H,2-13H2,1H3,(H,22,25). The van der Waals surface area contributed by atoms with E-state index < -0.39 is 0 Å². The summed E-state index contributed by atoms with van der Waals surface area (Å²) >= 11 is 3.12. The smallest absolute Gasteiger partial charge is 0.268 e. The molecular formula is C21H31N3O2S2. The van der Waals surface area contributed by atoms with Crippen LogP contribution in [0, 0.1) is 0 Å². The van der Waals surface area contributed by atoms with Gasteiger partial charge in [0.15, 0.2) is 5.16 Å². The zero-order valence-electron chi connectivity index (χ0n) is 16.7. The molecule has 1 N–H and O–H groups in total. The van der Waals surface area contributed by atoms with Gasteiger partial charge in [0.1, 0.15) is 0 Å². The van der Waals surface area contributed by atoms with Gasteiger partial charge in [-0.1, -0.05) is 57.2 Å². The molecule has 1 aromatic heterocycles. The van der Waals surface area contributed by atoms with E-state index in [4.69, 9.17) is 4.98 Å². The molecule has 1 aromatic rings. The summed E-state index contributed by atoms with van der Waals surface area (Å²) in [6.45, 7) is 2.15. The van der Waals surface area contributed by atoms with Crippen LogP contribution in [0.25, 0.3) is 0 Å². The van der Waals surface area contributed by atoms with Gasteiger partial charge in [0.2, 0.25) is 5.91 Å². The summed E-state index contributed by atoms with van der Waals surface area (Å²) in [6.07, 6.45) is 12.4. The number of fused-ring (bicyclic) bond motifs is 1. The molecule has 2 saturated carbocycles. The summed E-state index contributed by atoms with van der Waals surface area (Å²) < 4.78 is 1.93. The van der Waals surface area contributed by atoms with Gasteiger partial charge in [-0.3, -0.25) is 14.2 Å². The Hall–Kier alpha value is -0.950. The molecule has 0 radical (unpaired) electrons. The van der Waals surface area contributed by atoms with Gasteiger partial charge < -0.3 is 5.32 Å². The molecule has 1 amide bonds. The number of carbonyl (C=O) groups excluding carboxylic acids is 1. The van der Waals surface area contributed by atoms with Crippen LogP contribution in [0.15, 0.2) is 14.8 Å². The minimum Gasteiger partial charge on any atom is -0.353 e. The molecule has 0 aromatic carbocycles. The molecular weight excluding hydrogens is 390 g/mol. The van der Waals surface area contributed by atoms with Crippen LogP contribution in [-0.2, 0) is 11.2 Å². The number of hydrogen-bond donors (Lipinski definition) is 1. The minimum atomic E-state index is 0.0737. The molecule has 0 spiro atoms. The van der Waals surface area contributed by atoms with Gasteiger partial charge >= 0.3 is 0 Å². The second-order valence-electron chi connectivity index (χ2n) is 8.46. The van der Waals surface area contributed by atoms with Crippen molar-refractivity contribution in [3.8, 4) is 0 Å². The second kappa shape index (κ2) is 9.24. The molecule has 7 heteroatoms. The molecule has 154 valence electrons. The number of aromatic nitrogens is 2. The van der Waals surface area contributed by atoms with E-state index in [2.05, 4.69) is 12.2 Å². The van der Waals surface area contributed by atoms with Gasteiger partial charge in [0.05, 0.1) is 16.3 Å². The molecule has 4 rings (SSSR count). The lowest BCUT2D eigenvalue weighted by molar-refractivity contribution is -0.119. The second-order valence-corrected chi connectivity index (χ2v) is 10.9. The summed E-state index contributed by atoms with van der Waals surface area (Å²) in [7, 11) is 0. The third-order valence-electron chi connectivity index (χ3n) is 6.15. The SMILES string of the molecule is CC1Cc2nc(SCC(=O)NC3CCCCC3)n(C3CCCCC3)c(=O)c2S1. The number of nitrogens with zero attached hydrogens (tertiary/aromatic N) is 2. The van der Waals surface area contributed by atoms with Gasteiger partial charge in [0, 0.05) is 23.8 Å². The van der Waals surface area contributed by atoms with Crippen molar-refractivity contribution < 1.29 is 4.79 Å². The highest BCUT2D eigenvalue weighted by Crippen LogP contribution is 2.37. The van der Waals surface area contributed by atoms with Crippen molar-refractivity contribution in [3.63, 3.8) is 0 Å². The van der Waals surface area contributed by atoms with E-state index in [0.29, 0.717) is 17.0 Å². The predicted molar refractivity (Wildman–Crippen MR) is 115 cm³/mol. The maximum absolute atomic E-state index is 13.3. The van der Waals surface area contributed by atoms with Crippen LogP contribution in [0.5, 0.6) is 0 Å². The summed E-state index contributed by atoms with van der Waals surface area (Å²) in [5, 5.41) is 4.34. The van der Waals surface area contributed by atoms with Crippen LogP contribution in [0.1, 0.15) is 82.9 Å². The molecule has 3 aliphatic rings. The number of nitrogens with one attached hydrogen (secondary N) is 1. The van der Waals surface area contributed by atoms with Gasteiger partial charge in [0.25, 0.3) is 5.56 Å². The predicted octanol–water partition coefficient (Wildman–Crippen LogP) is 4.33. The number of carbonyl (C=O) groups is 1. The van der Waals surface area contributed by atoms with Crippen LogP contribution >= 0.6 is 23.5 Å². The fraction of sp³-hybridized carbons (Fsp3) is 0.762. The van der Waals surface area contributed by atoms with Crippen molar-refractivity contribution in [2.24, 2.45) is 0 Å². The van der Waals surface area contributed by atoms with Gasteiger partial charge in [-0.15, -0.1) is 11.8 Å². The Morgan fingerprint density at radius 3 is 2.54 bits per heavy atom. The Kier molecular flexibility index (Phi) is 6.71. The zero-order valence-corrected chi connectivity index (χ0v) is 18.4. The quantitative estimate of drug-likeness (QED) is 0.566. The summed E-state index contributed by atoms with van der Waals surface area (Å²) in [5.74, 6) is 0.418.